The summed E-state index contributed by atoms with van der Waals surface area (Å²) >= 11 is 6.94. The number of benzene rings is 2. The van der Waals surface area contributed by atoms with Crippen molar-refractivity contribution in [2.24, 2.45) is 0 Å². The van der Waals surface area contributed by atoms with Crippen molar-refractivity contribution >= 4 is 37.5 Å². The van der Waals surface area contributed by atoms with Crippen LogP contribution in [0.3, 0.4) is 0 Å². The first-order valence-corrected chi connectivity index (χ1v) is 7.15. The van der Waals surface area contributed by atoms with Gasteiger partial charge in [0.15, 0.2) is 0 Å². The number of halogens is 2. The molecule has 0 saturated heterocycles. The first-order chi connectivity index (χ1) is 8.69. The Morgan fingerprint density at radius 1 is 0.889 bits per heavy atom. The summed E-state index contributed by atoms with van der Waals surface area (Å²) in [5.41, 5.74) is 3.18. The smallest absolute Gasteiger partial charge is 0.0681 e. The van der Waals surface area contributed by atoms with Gasteiger partial charge in [0.05, 0.1) is 6.61 Å². The third-order valence-corrected chi connectivity index (χ3v) is 4.50. The molecule has 0 aliphatic rings. The lowest BCUT2D eigenvalue weighted by atomic mass is 10.2. The molecule has 0 aliphatic heterocycles. The highest BCUT2D eigenvalue weighted by Gasteiger charge is 1.99. The summed E-state index contributed by atoms with van der Waals surface area (Å²) in [4.78, 5) is 0. The van der Waals surface area contributed by atoms with Crippen LogP contribution >= 0.6 is 31.9 Å². The van der Waals surface area contributed by atoms with E-state index in [1.165, 1.54) is 5.56 Å². The van der Waals surface area contributed by atoms with Gasteiger partial charge in [-0.1, -0.05) is 18.2 Å². The quantitative estimate of drug-likeness (QED) is 0.840. The molecule has 0 aromatic heterocycles. The minimum absolute atomic E-state index is 0.0833. The Hall–Kier alpha value is -0.840. The van der Waals surface area contributed by atoms with Gasteiger partial charge in [0.2, 0.25) is 0 Å². The zero-order valence-corrected chi connectivity index (χ0v) is 12.8. The molecule has 0 spiro atoms. The molecule has 2 aromatic carbocycles. The van der Waals surface area contributed by atoms with E-state index < -0.39 is 0 Å². The maximum atomic E-state index is 8.96. The van der Waals surface area contributed by atoms with Gasteiger partial charge in [-0.3, -0.25) is 0 Å². The van der Waals surface area contributed by atoms with Crippen molar-refractivity contribution in [1.29, 1.82) is 0 Å². The molecule has 0 aliphatic carbocycles. The lowest BCUT2D eigenvalue weighted by molar-refractivity contribution is 0.282. The minimum atomic E-state index is 0.0833. The van der Waals surface area contributed by atoms with Gasteiger partial charge in [-0.05, 0) is 67.3 Å². The summed E-state index contributed by atoms with van der Waals surface area (Å²) < 4.78 is 2.11. The molecule has 0 saturated carbocycles. The molecule has 0 atom stereocenters. The Balaban J connectivity index is 1.99. The van der Waals surface area contributed by atoms with Crippen LogP contribution in [0.25, 0.3) is 0 Å². The van der Waals surface area contributed by atoms with E-state index in [-0.39, 0.29) is 6.61 Å². The molecular weight excluding hydrogens is 358 g/mol. The molecule has 2 nitrogen and oxygen atoms in total. The molecule has 0 amide bonds. The third-order valence-electron chi connectivity index (χ3n) is 2.62. The molecule has 0 heterocycles. The van der Waals surface area contributed by atoms with Gasteiger partial charge in [-0.15, -0.1) is 0 Å². The van der Waals surface area contributed by atoms with Crippen molar-refractivity contribution in [3.05, 3.63) is 62.5 Å². The normalized spacial score (nSPS) is 10.4. The summed E-state index contributed by atoms with van der Waals surface area (Å²) in [6.07, 6.45) is 0. The van der Waals surface area contributed by atoms with Crippen molar-refractivity contribution < 1.29 is 5.11 Å². The SMILES string of the molecule is OCc1ccc(NCc2ccc(Br)c(Br)c2)cc1. The number of nitrogens with one attached hydrogen (secondary N) is 1. The molecular formula is C14H13Br2NO. The van der Waals surface area contributed by atoms with Crippen LogP contribution in [0.1, 0.15) is 11.1 Å². The van der Waals surface area contributed by atoms with Gasteiger partial charge in [0.25, 0.3) is 0 Å². The molecule has 0 bridgehead atoms. The van der Waals surface area contributed by atoms with Crippen molar-refractivity contribution in [1.82, 2.24) is 0 Å². The third kappa shape index (κ3) is 3.57. The first-order valence-electron chi connectivity index (χ1n) is 5.56. The predicted molar refractivity (Wildman–Crippen MR) is 81.5 cm³/mol. The van der Waals surface area contributed by atoms with Gasteiger partial charge in [0, 0.05) is 21.2 Å². The van der Waals surface area contributed by atoms with Gasteiger partial charge >= 0.3 is 0 Å². The monoisotopic (exact) mass is 369 g/mol. The summed E-state index contributed by atoms with van der Waals surface area (Å²) in [6, 6.07) is 14.0. The van der Waals surface area contributed by atoms with E-state index in [0.29, 0.717) is 0 Å². The molecule has 2 aromatic rings. The zero-order valence-electron chi connectivity index (χ0n) is 9.66. The lowest BCUT2D eigenvalue weighted by Gasteiger charge is -2.08. The lowest BCUT2D eigenvalue weighted by Crippen LogP contribution is -1.99. The van der Waals surface area contributed by atoms with E-state index in [4.69, 9.17) is 5.11 Å². The average Bonchev–Trinajstić information content (AvgIpc) is 2.41. The fourth-order valence-electron chi connectivity index (χ4n) is 1.58. The predicted octanol–water partition coefficient (Wildman–Crippen LogP) is 4.32. The van der Waals surface area contributed by atoms with Crippen LogP contribution in [0.15, 0.2) is 51.4 Å². The van der Waals surface area contributed by atoms with E-state index >= 15 is 0 Å². The number of aliphatic hydroxyl groups is 1. The Kier molecular flexibility index (Phi) is 4.80. The highest BCUT2D eigenvalue weighted by Crippen LogP contribution is 2.24. The summed E-state index contributed by atoms with van der Waals surface area (Å²) in [5, 5.41) is 12.3. The van der Waals surface area contributed by atoms with E-state index in [2.05, 4.69) is 49.3 Å². The van der Waals surface area contributed by atoms with Crippen LogP contribution in [0.5, 0.6) is 0 Å². The second-order valence-corrected chi connectivity index (χ2v) is 5.67. The topological polar surface area (TPSA) is 32.3 Å². The molecule has 94 valence electrons. The molecule has 0 fully saturated rings. The van der Waals surface area contributed by atoms with Crippen molar-refractivity contribution in [2.75, 3.05) is 5.32 Å². The Morgan fingerprint density at radius 3 is 2.17 bits per heavy atom. The molecule has 0 radical (unpaired) electrons. The van der Waals surface area contributed by atoms with Crippen LogP contribution in [0.4, 0.5) is 5.69 Å². The average molecular weight is 371 g/mol. The Bertz CT molecular complexity index is 526. The standard InChI is InChI=1S/C14H13Br2NO/c15-13-6-3-11(7-14(13)16)8-17-12-4-1-10(9-18)2-5-12/h1-7,17-18H,8-9H2. The van der Waals surface area contributed by atoms with Crippen molar-refractivity contribution in [3.63, 3.8) is 0 Å². The van der Waals surface area contributed by atoms with E-state index in [1.54, 1.807) is 0 Å². The fraction of sp³-hybridized carbons (Fsp3) is 0.143. The maximum absolute atomic E-state index is 8.96. The molecule has 0 unspecified atom stereocenters. The van der Waals surface area contributed by atoms with Crippen LogP contribution in [0, 0.1) is 0 Å². The maximum Gasteiger partial charge on any atom is 0.0681 e. The number of rotatable bonds is 4. The summed E-state index contributed by atoms with van der Waals surface area (Å²) in [6.45, 7) is 0.851. The minimum Gasteiger partial charge on any atom is -0.392 e. The van der Waals surface area contributed by atoms with E-state index in [0.717, 1.165) is 26.7 Å². The van der Waals surface area contributed by atoms with Crippen LogP contribution in [-0.4, -0.2) is 5.11 Å². The second-order valence-electron chi connectivity index (χ2n) is 3.96. The largest absolute Gasteiger partial charge is 0.392 e. The summed E-state index contributed by atoms with van der Waals surface area (Å²) in [5.74, 6) is 0. The Labute approximate surface area is 123 Å². The van der Waals surface area contributed by atoms with Crippen LogP contribution < -0.4 is 5.32 Å². The van der Waals surface area contributed by atoms with Gasteiger partial charge in [0.1, 0.15) is 0 Å². The van der Waals surface area contributed by atoms with E-state index in [9.17, 15) is 0 Å². The second kappa shape index (κ2) is 6.36. The van der Waals surface area contributed by atoms with Crippen molar-refractivity contribution in [2.45, 2.75) is 13.2 Å². The molecule has 2 rings (SSSR count). The van der Waals surface area contributed by atoms with Crippen LogP contribution in [-0.2, 0) is 13.2 Å². The van der Waals surface area contributed by atoms with Gasteiger partial charge in [-0.2, -0.15) is 0 Å². The molecule has 2 N–H and O–H groups in total. The zero-order chi connectivity index (χ0) is 13.0. The van der Waals surface area contributed by atoms with Crippen molar-refractivity contribution in [3.8, 4) is 0 Å². The number of aliphatic hydroxyl groups excluding tert-OH is 1. The highest BCUT2D eigenvalue weighted by molar-refractivity contribution is 9.13. The highest BCUT2D eigenvalue weighted by atomic mass is 79.9. The number of hydrogen-bond acceptors (Lipinski definition) is 2. The fourth-order valence-corrected chi connectivity index (χ4v) is 2.25. The van der Waals surface area contributed by atoms with Crippen LogP contribution in [0.2, 0.25) is 0 Å². The molecule has 18 heavy (non-hydrogen) atoms. The number of anilines is 1. The number of hydrogen-bond donors (Lipinski definition) is 2. The first kappa shape index (κ1) is 13.6. The Morgan fingerprint density at radius 2 is 1.56 bits per heavy atom. The summed E-state index contributed by atoms with van der Waals surface area (Å²) in [7, 11) is 0. The van der Waals surface area contributed by atoms with Gasteiger partial charge < -0.3 is 10.4 Å². The molecule has 4 heteroatoms. The van der Waals surface area contributed by atoms with E-state index in [1.807, 2.05) is 30.3 Å². The van der Waals surface area contributed by atoms with Gasteiger partial charge in [-0.25, -0.2) is 0 Å².